The van der Waals surface area contributed by atoms with E-state index in [1.165, 1.54) is 0 Å². The van der Waals surface area contributed by atoms with E-state index in [2.05, 4.69) is 21.5 Å². The number of hydrogen-bond acceptors (Lipinski definition) is 6. The SMILES string of the molecule is C=C(C(=O)ONC(=O)OCC)C1NCCO1. The zero-order valence-electron chi connectivity index (χ0n) is 8.95. The van der Waals surface area contributed by atoms with E-state index in [1.807, 2.05) is 5.48 Å². The lowest BCUT2D eigenvalue weighted by atomic mass is 10.3. The lowest BCUT2D eigenvalue weighted by molar-refractivity contribution is -0.146. The van der Waals surface area contributed by atoms with Crippen LogP contribution in [0.25, 0.3) is 0 Å². The van der Waals surface area contributed by atoms with Crippen molar-refractivity contribution < 1.29 is 23.9 Å². The van der Waals surface area contributed by atoms with E-state index in [4.69, 9.17) is 4.74 Å². The van der Waals surface area contributed by atoms with Gasteiger partial charge in [-0.15, -0.1) is 5.48 Å². The number of nitrogens with one attached hydrogen (secondary N) is 2. The molecule has 1 atom stereocenters. The molecule has 1 heterocycles. The molecule has 0 saturated carbocycles. The van der Waals surface area contributed by atoms with Gasteiger partial charge in [0.05, 0.1) is 18.8 Å². The Morgan fingerprint density at radius 1 is 1.62 bits per heavy atom. The van der Waals surface area contributed by atoms with Crippen molar-refractivity contribution in [3.05, 3.63) is 12.2 Å². The Labute approximate surface area is 92.7 Å². The highest BCUT2D eigenvalue weighted by atomic mass is 16.7. The van der Waals surface area contributed by atoms with Gasteiger partial charge in [-0.1, -0.05) is 6.58 Å². The van der Waals surface area contributed by atoms with Gasteiger partial charge in [-0.2, -0.15) is 0 Å². The summed E-state index contributed by atoms with van der Waals surface area (Å²) in [5.74, 6) is -0.771. The minimum absolute atomic E-state index is 0.0919. The summed E-state index contributed by atoms with van der Waals surface area (Å²) in [4.78, 5) is 26.6. The molecule has 1 fully saturated rings. The molecule has 1 aliphatic rings. The van der Waals surface area contributed by atoms with Crippen molar-refractivity contribution in [3.63, 3.8) is 0 Å². The number of ether oxygens (including phenoxy) is 2. The summed E-state index contributed by atoms with van der Waals surface area (Å²) >= 11 is 0. The number of hydroxylamine groups is 1. The van der Waals surface area contributed by atoms with Crippen LogP contribution in [0.1, 0.15) is 6.92 Å². The molecule has 0 bridgehead atoms. The zero-order valence-corrected chi connectivity index (χ0v) is 8.95. The van der Waals surface area contributed by atoms with Crippen molar-refractivity contribution in [3.8, 4) is 0 Å². The second kappa shape index (κ2) is 6.09. The quantitative estimate of drug-likeness (QED) is 0.511. The first-order chi connectivity index (χ1) is 7.65. The number of carbonyl (C=O) groups is 2. The average molecular weight is 230 g/mol. The van der Waals surface area contributed by atoms with Crippen LogP contribution >= 0.6 is 0 Å². The highest BCUT2D eigenvalue weighted by Gasteiger charge is 2.24. The van der Waals surface area contributed by atoms with Gasteiger partial charge in [-0.05, 0) is 6.92 Å². The first-order valence-corrected chi connectivity index (χ1v) is 4.83. The summed E-state index contributed by atoms with van der Waals surface area (Å²) in [6.45, 7) is 6.48. The molecule has 0 spiro atoms. The summed E-state index contributed by atoms with van der Waals surface area (Å²) < 4.78 is 9.63. The Balaban J connectivity index is 2.28. The number of amides is 1. The van der Waals surface area contributed by atoms with Crippen LogP contribution < -0.4 is 10.8 Å². The van der Waals surface area contributed by atoms with Gasteiger partial charge in [0.1, 0.15) is 6.23 Å². The van der Waals surface area contributed by atoms with E-state index in [-0.39, 0.29) is 12.2 Å². The molecule has 1 unspecified atom stereocenters. The minimum Gasteiger partial charge on any atom is -0.448 e. The van der Waals surface area contributed by atoms with Crippen LogP contribution in [0.5, 0.6) is 0 Å². The van der Waals surface area contributed by atoms with Crippen molar-refractivity contribution in [1.29, 1.82) is 0 Å². The minimum atomic E-state index is -0.830. The third kappa shape index (κ3) is 3.52. The van der Waals surface area contributed by atoms with Crippen LogP contribution in [0, 0.1) is 0 Å². The van der Waals surface area contributed by atoms with Gasteiger partial charge in [0, 0.05) is 6.54 Å². The maximum absolute atomic E-state index is 11.3. The summed E-state index contributed by atoms with van der Waals surface area (Å²) in [6.07, 6.45) is -1.39. The second-order valence-electron chi connectivity index (χ2n) is 2.94. The number of hydrogen-bond donors (Lipinski definition) is 2. The first-order valence-electron chi connectivity index (χ1n) is 4.83. The van der Waals surface area contributed by atoms with Crippen LogP contribution in [-0.4, -0.2) is 38.0 Å². The molecule has 1 saturated heterocycles. The lowest BCUT2D eigenvalue weighted by Crippen LogP contribution is -2.34. The maximum Gasteiger partial charge on any atom is 0.440 e. The smallest absolute Gasteiger partial charge is 0.440 e. The monoisotopic (exact) mass is 230 g/mol. The fourth-order valence-corrected chi connectivity index (χ4v) is 1.07. The third-order valence-corrected chi connectivity index (χ3v) is 1.80. The van der Waals surface area contributed by atoms with Gasteiger partial charge in [-0.25, -0.2) is 9.59 Å². The average Bonchev–Trinajstić information content (AvgIpc) is 2.78. The van der Waals surface area contributed by atoms with Gasteiger partial charge >= 0.3 is 12.1 Å². The van der Waals surface area contributed by atoms with Crippen molar-refractivity contribution in [2.24, 2.45) is 0 Å². The standard InChI is InChI=1S/C9H14N2O5/c1-3-14-9(13)11-16-8(12)6(2)7-10-4-5-15-7/h7,10H,2-5H2,1H3,(H,11,13). The maximum atomic E-state index is 11.3. The molecule has 90 valence electrons. The van der Waals surface area contributed by atoms with Gasteiger partial charge in [0.25, 0.3) is 0 Å². The van der Waals surface area contributed by atoms with Crippen molar-refractivity contribution >= 4 is 12.1 Å². The fraction of sp³-hybridized carbons (Fsp3) is 0.556. The molecule has 2 N–H and O–H groups in total. The predicted molar refractivity (Wildman–Crippen MR) is 53.1 cm³/mol. The first kappa shape index (κ1) is 12.5. The molecular formula is C9H14N2O5. The van der Waals surface area contributed by atoms with Crippen LogP contribution in [0.3, 0.4) is 0 Å². The molecule has 0 radical (unpaired) electrons. The lowest BCUT2D eigenvalue weighted by Gasteiger charge is -2.12. The highest BCUT2D eigenvalue weighted by molar-refractivity contribution is 5.89. The van der Waals surface area contributed by atoms with Crippen LogP contribution in [0.4, 0.5) is 4.79 Å². The molecule has 1 amide bonds. The largest absolute Gasteiger partial charge is 0.448 e. The topological polar surface area (TPSA) is 85.9 Å². The van der Waals surface area contributed by atoms with Crippen LogP contribution in [0.2, 0.25) is 0 Å². The summed E-state index contributed by atoms with van der Waals surface area (Å²) in [6, 6.07) is 0. The van der Waals surface area contributed by atoms with Gasteiger partial charge in [0.2, 0.25) is 0 Å². The molecule has 0 aromatic carbocycles. The Morgan fingerprint density at radius 2 is 2.38 bits per heavy atom. The van der Waals surface area contributed by atoms with Crippen molar-refractivity contribution in [1.82, 2.24) is 10.8 Å². The number of rotatable bonds is 3. The van der Waals surface area contributed by atoms with Crippen molar-refractivity contribution in [2.45, 2.75) is 13.2 Å². The van der Waals surface area contributed by atoms with E-state index in [9.17, 15) is 9.59 Å². The Hall–Kier alpha value is -1.60. The Morgan fingerprint density at radius 3 is 2.94 bits per heavy atom. The van der Waals surface area contributed by atoms with E-state index >= 15 is 0 Å². The Kier molecular flexibility index (Phi) is 4.74. The molecule has 0 aromatic heterocycles. The third-order valence-electron chi connectivity index (χ3n) is 1.80. The van der Waals surface area contributed by atoms with Gasteiger partial charge in [0.15, 0.2) is 0 Å². The molecule has 1 aliphatic heterocycles. The predicted octanol–water partition coefficient (Wildman–Crippen LogP) is -0.307. The molecule has 16 heavy (non-hydrogen) atoms. The number of carbonyl (C=O) groups excluding carboxylic acids is 2. The molecular weight excluding hydrogens is 216 g/mol. The summed E-state index contributed by atoms with van der Waals surface area (Å²) in [5, 5.41) is 2.88. The fourth-order valence-electron chi connectivity index (χ4n) is 1.07. The molecule has 0 aromatic rings. The molecule has 7 heteroatoms. The molecule has 1 rings (SSSR count). The van der Waals surface area contributed by atoms with Gasteiger partial charge < -0.3 is 14.3 Å². The van der Waals surface area contributed by atoms with Crippen molar-refractivity contribution in [2.75, 3.05) is 19.8 Å². The Bertz CT molecular complexity index is 286. The zero-order chi connectivity index (χ0) is 12.0. The molecule has 7 nitrogen and oxygen atoms in total. The summed E-state index contributed by atoms with van der Waals surface area (Å²) in [5.41, 5.74) is 1.92. The van der Waals surface area contributed by atoms with E-state index in [1.54, 1.807) is 6.92 Å². The van der Waals surface area contributed by atoms with E-state index < -0.39 is 18.3 Å². The second-order valence-corrected chi connectivity index (χ2v) is 2.94. The highest BCUT2D eigenvalue weighted by Crippen LogP contribution is 2.07. The van der Waals surface area contributed by atoms with E-state index in [0.29, 0.717) is 13.2 Å². The normalized spacial score (nSPS) is 18.9. The molecule has 0 aliphatic carbocycles. The summed E-state index contributed by atoms with van der Waals surface area (Å²) in [7, 11) is 0. The van der Waals surface area contributed by atoms with E-state index in [0.717, 1.165) is 0 Å². The van der Waals surface area contributed by atoms with Crippen LogP contribution in [-0.2, 0) is 19.1 Å². The van der Waals surface area contributed by atoms with Crippen LogP contribution in [0.15, 0.2) is 12.2 Å². The van der Waals surface area contributed by atoms with Gasteiger partial charge in [-0.3, -0.25) is 5.32 Å².